The minimum atomic E-state index is -4.41. The van der Waals surface area contributed by atoms with E-state index < -0.39 is 11.7 Å². The summed E-state index contributed by atoms with van der Waals surface area (Å²) in [4.78, 5) is 30.8. The van der Waals surface area contributed by atoms with Gasteiger partial charge in [0.05, 0.1) is 19.2 Å². The van der Waals surface area contributed by atoms with Crippen molar-refractivity contribution < 1.29 is 17.9 Å². The lowest BCUT2D eigenvalue weighted by Gasteiger charge is -2.38. The van der Waals surface area contributed by atoms with Gasteiger partial charge in [-0.3, -0.25) is 13.9 Å². The van der Waals surface area contributed by atoms with E-state index in [2.05, 4.69) is 6.92 Å². The van der Waals surface area contributed by atoms with Gasteiger partial charge in [-0.05, 0) is 42.3 Å². The van der Waals surface area contributed by atoms with Crippen LogP contribution in [0, 0.1) is 0 Å². The maximum atomic E-state index is 13.7. The van der Waals surface area contributed by atoms with Crippen LogP contribution >= 0.6 is 0 Å². The highest BCUT2D eigenvalue weighted by atomic mass is 19.4. The molecule has 10 heteroatoms. The summed E-state index contributed by atoms with van der Waals surface area (Å²) >= 11 is 0. The molecular weight excluding hydrogens is 533 g/mol. The van der Waals surface area contributed by atoms with Crippen LogP contribution in [0.1, 0.15) is 56.6 Å². The number of anilines is 2. The number of piperazine rings is 1. The second-order valence-electron chi connectivity index (χ2n) is 10.5. The lowest BCUT2D eigenvalue weighted by Crippen LogP contribution is -2.50. The van der Waals surface area contributed by atoms with Crippen LogP contribution in [-0.4, -0.2) is 42.4 Å². The molecule has 1 saturated heterocycles. The zero-order valence-electron chi connectivity index (χ0n) is 23.8. The molecule has 0 aliphatic carbocycles. The van der Waals surface area contributed by atoms with Gasteiger partial charge in [0.2, 0.25) is 0 Å². The maximum absolute atomic E-state index is 13.7. The Balaban J connectivity index is 1.56. The molecular formula is C31H39F3N4O3. The molecule has 0 N–H and O–H groups in total. The van der Waals surface area contributed by atoms with Crippen molar-refractivity contribution in [3.8, 4) is 5.75 Å². The first-order valence-electron chi connectivity index (χ1n) is 14.4. The molecule has 1 aromatic heterocycles. The minimum absolute atomic E-state index is 0.281. The smallest absolute Gasteiger partial charge is 0.416 e. The number of ether oxygens (including phenoxy) is 1. The Kier molecular flexibility index (Phi) is 10.2. The highest BCUT2D eigenvalue weighted by Crippen LogP contribution is 2.32. The molecule has 0 saturated carbocycles. The molecule has 0 atom stereocenters. The molecule has 0 radical (unpaired) electrons. The van der Waals surface area contributed by atoms with Gasteiger partial charge in [0, 0.05) is 44.5 Å². The highest BCUT2D eigenvalue weighted by Gasteiger charge is 2.31. The van der Waals surface area contributed by atoms with Crippen LogP contribution in [0.4, 0.5) is 24.7 Å². The summed E-state index contributed by atoms with van der Waals surface area (Å²) < 4.78 is 47.9. The second kappa shape index (κ2) is 13.8. The summed E-state index contributed by atoms with van der Waals surface area (Å²) in [6, 6.07) is 14.3. The number of aromatic nitrogens is 2. The predicted molar refractivity (Wildman–Crippen MR) is 156 cm³/mol. The normalized spacial score (nSPS) is 14.0. The van der Waals surface area contributed by atoms with E-state index in [0.717, 1.165) is 43.7 Å². The van der Waals surface area contributed by atoms with Crippen molar-refractivity contribution in [2.24, 2.45) is 0 Å². The third-order valence-corrected chi connectivity index (χ3v) is 7.63. The van der Waals surface area contributed by atoms with Crippen LogP contribution < -0.4 is 25.8 Å². The number of hydrogen-bond acceptors (Lipinski definition) is 5. The molecule has 1 fully saturated rings. The Morgan fingerprint density at radius 1 is 0.805 bits per heavy atom. The van der Waals surface area contributed by atoms with Crippen LogP contribution in [0.3, 0.4) is 0 Å². The quantitative estimate of drug-likeness (QED) is 0.258. The molecule has 3 aromatic rings. The molecule has 1 aliphatic heterocycles. The maximum Gasteiger partial charge on any atom is 0.416 e. The van der Waals surface area contributed by atoms with Gasteiger partial charge in [0.1, 0.15) is 11.6 Å². The monoisotopic (exact) mass is 572 g/mol. The number of halogens is 3. The topological polar surface area (TPSA) is 59.7 Å². The number of unbranched alkanes of at least 4 members (excludes halogenated alkanes) is 5. The van der Waals surface area contributed by atoms with Crippen molar-refractivity contribution in [1.29, 1.82) is 0 Å². The van der Waals surface area contributed by atoms with Crippen molar-refractivity contribution in [3.63, 3.8) is 0 Å². The molecule has 1 aliphatic rings. The molecule has 4 rings (SSSR count). The van der Waals surface area contributed by atoms with Gasteiger partial charge in [-0.1, -0.05) is 57.2 Å². The average molecular weight is 573 g/mol. The summed E-state index contributed by atoms with van der Waals surface area (Å²) in [7, 11) is 1.59. The zero-order chi connectivity index (χ0) is 29.4. The van der Waals surface area contributed by atoms with Crippen molar-refractivity contribution in [2.45, 2.75) is 64.7 Å². The third-order valence-electron chi connectivity index (χ3n) is 7.63. The van der Waals surface area contributed by atoms with Gasteiger partial charge in [-0.25, -0.2) is 4.79 Å². The Labute approximate surface area is 238 Å². The van der Waals surface area contributed by atoms with Crippen LogP contribution in [0.25, 0.3) is 0 Å². The Bertz CT molecular complexity index is 1390. The summed E-state index contributed by atoms with van der Waals surface area (Å²) in [6.07, 6.45) is 1.89. The Morgan fingerprint density at radius 2 is 1.46 bits per heavy atom. The van der Waals surface area contributed by atoms with Crippen LogP contribution in [0.15, 0.2) is 64.2 Å². The van der Waals surface area contributed by atoms with Gasteiger partial charge in [-0.2, -0.15) is 13.2 Å². The summed E-state index contributed by atoms with van der Waals surface area (Å²) in [6.45, 7) is 4.65. The van der Waals surface area contributed by atoms with Crippen molar-refractivity contribution >= 4 is 11.5 Å². The van der Waals surface area contributed by atoms with Crippen LogP contribution in [0.5, 0.6) is 5.75 Å². The summed E-state index contributed by atoms with van der Waals surface area (Å²) in [5.74, 6) is 1.23. The fraction of sp³-hybridized carbons (Fsp3) is 0.484. The lowest BCUT2D eigenvalue weighted by atomic mass is 10.1. The molecule has 2 aromatic carbocycles. The largest absolute Gasteiger partial charge is 0.497 e. The first-order valence-corrected chi connectivity index (χ1v) is 14.4. The fourth-order valence-corrected chi connectivity index (χ4v) is 5.26. The summed E-state index contributed by atoms with van der Waals surface area (Å²) in [5.41, 5.74) is 0.0349. The van der Waals surface area contributed by atoms with E-state index in [0.29, 0.717) is 50.0 Å². The number of rotatable bonds is 12. The Hall–Kier alpha value is -3.69. The number of benzene rings is 2. The summed E-state index contributed by atoms with van der Waals surface area (Å²) in [5, 5.41) is 0. The standard InChI is InChI=1S/C31H39F3N4O3/c1-3-4-5-6-7-8-16-37-29(39)22-28(38(30(37)40)23-24-12-14-27(41-2)15-13-24)36-19-17-35(18-20-36)26-11-9-10-25(21-26)31(32,33)34/h9-15,21-22H,3-8,16-20,23H2,1-2H3. The molecule has 2 heterocycles. The zero-order valence-corrected chi connectivity index (χ0v) is 23.8. The predicted octanol–water partition coefficient (Wildman–Crippen LogP) is 5.77. The van der Waals surface area contributed by atoms with E-state index in [1.165, 1.54) is 29.2 Å². The lowest BCUT2D eigenvalue weighted by molar-refractivity contribution is -0.137. The molecule has 7 nitrogen and oxygen atoms in total. The third kappa shape index (κ3) is 7.74. The number of methoxy groups -OCH3 is 1. The number of nitrogens with zero attached hydrogens (tertiary/aromatic N) is 4. The van der Waals surface area contributed by atoms with Gasteiger partial charge in [-0.15, -0.1) is 0 Å². The van der Waals surface area contributed by atoms with E-state index in [9.17, 15) is 22.8 Å². The minimum Gasteiger partial charge on any atom is -0.497 e. The van der Waals surface area contributed by atoms with E-state index in [1.807, 2.05) is 34.1 Å². The van der Waals surface area contributed by atoms with Gasteiger partial charge in [0.15, 0.2) is 0 Å². The van der Waals surface area contributed by atoms with Crippen LogP contribution in [-0.2, 0) is 19.3 Å². The molecule has 0 unspecified atom stereocenters. The van der Waals surface area contributed by atoms with Crippen molar-refractivity contribution in [1.82, 2.24) is 9.13 Å². The van der Waals surface area contributed by atoms with E-state index in [1.54, 1.807) is 17.7 Å². The first-order chi connectivity index (χ1) is 19.7. The highest BCUT2D eigenvalue weighted by molar-refractivity contribution is 5.52. The second-order valence-corrected chi connectivity index (χ2v) is 10.5. The molecule has 0 bridgehead atoms. The van der Waals surface area contributed by atoms with Gasteiger partial charge in [0.25, 0.3) is 5.56 Å². The van der Waals surface area contributed by atoms with Crippen molar-refractivity contribution in [3.05, 3.63) is 86.6 Å². The number of hydrogen-bond donors (Lipinski definition) is 0. The molecule has 0 amide bonds. The number of alkyl halides is 3. The van der Waals surface area contributed by atoms with E-state index in [4.69, 9.17) is 4.74 Å². The van der Waals surface area contributed by atoms with E-state index >= 15 is 0 Å². The van der Waals surface area contributed by atoms with E-state index in [-0.39, 0.29) is 17.8 Å². The van der Waals surface area contributed by atoms with Gasteiger partial charge < -0.3 is 14.5 Å². The van der Waals surface area contributed by atoms with Crippen LogP contribution in [0.2, 0.25) is 0 Å². The fourth-order valence-electron chi connectivity index (χ4n) is 5.26. The molecule has 0 spiro atoms. The Morgan fingerprint density at radius 3 is 2.12 bits per heavy atom. The average Bonchev–Trinajstić information content (AvgIpc) is 2.97. The molecule has 222 valence electrons. The first kappa shape index (κ1) is 30.3. The van der Waals surface area contributed by atoms with Crippen molar-refractivity contribution in [2.75, 3.05) is 43.1 Å². The molecule has 41 heavy (non-hydrogen) atoms. The van der Waals surface area contributed by atoms with Gasteiger partial charge >= 0.3 is 11.9 Å². The SMILES string of the molecule is CCCCCCCCn1c(=O)cc(N2CCN(c3cccc(C(F)(F)F)c3)CC2)n(Cc2ccc(OC)cc2)c1=O.